The number of hydrogen-bond donors (Lipinski definition) is 3. The van der Waals surface area contributed by atoms with Crippen molar-refractivity contribution in [1.29, 1.82) is 0 Å². The highest BCUT2D eigenvalue weighted by atomic mass is 32.1. The molecule has 6 nitrogen and oxygen atoms in total. The number of benzene rings is 1. The minimum absolute atomic E-state index is 0.472. The van der Waals surface area contributed by atoms with E-state index in [1.54, 1.807) is 36.8 Å². The molecular formula is C14H12N2O4S. The molecule has 7 heteroatoms. The molecule has 0 aliphatic carbocycles. The summed E-state index contributed by atoms with van der Waals surface area (Å²) in [4.78, 5) is 28.3. The van der Waals surface area contributed by atoms with Gasteiger partial charge in [-0.15, -0.1) is 11.3 Å². The third-order valence-electron chi connectivity index (χ3n) is 3.16. The Balaban J connectivity index is 2.05. The van der Waals surface area contributed by atoms with Crippen molar-refractivity contribution in [3.8, 4) is 5.75 Å². The van der Waals surface area contributed by atoms with Crippen LogP contribution in [-0.2, 0) is 0 Å². The second kappa shape index (κ2) is 5.19. The summed E-state index contributed by atoms with van der Waals surface area (Å²) < 4.78 is 5.09. The molecule has 108 valence electrons. The number of methoxy groups -OCH3 is 1. The number of aliphatic hydroxyl groups excluding tert-OH is 1. The van der Waals surface area contributed by atoms with E-state index in [2.05, 4.69) is 9.97 Å². The van der Waals surface area contributed by atoms with Gasteiger partial charge in [-0.1, -0.05) is 6.07 Å². The van der Waals surface area contributed by atoms with Crippen LogP contribution in [0.1, 0.15) is 16.5 Å². The van der Waals surface area contributed by atoms with Crippen molar-refractivity contribution in [2.45, 2.75) is 6.10 Å². The number of aliphatic hydroxyl groups is 1. The van der Waals surface area contributed by atoms with Crippen molar-refractivity contribution < 1.29 is 9.84 Å². The topological polar surface area (TPSA) is 95.2 Å². The first-order chi connectivity index (χ1) is 10.1. The van der Waals surface area contributed by atoms with E-state index < -0.39 is 17.2 Å². The summed E-state index contributed by atoms with van der Waals surface area (Å²) in [5.41, 5.74) is 0.194. The van der Waals surface area contributed by atoms with Crippen LogP contribution in [0.5, 0.6) is 5.75 Å². The van der Waals surface area contributed by atoms with E-state index in [-0.39, 0.29) is 0 Å². The Morgan fingerprint density at radius 3 is 2.52 bits per heavy atom. The molecule has 0 saturated heterocycles. The number of aromatic amines is 2. The average molecular weight is 304 g/mol. The summed E-state index contributed by atoms with van der Waals surface area (Å²) in [6.45, 7) is 0. The Morgan fingerprint density at radius 2 is 1.86 bits per heavy atom. The molecule has 0 aliphatic heterocycles. The summed E-state index contributed by atoms with van der Waals surface area (Å²) in [6.07, 6.45) is -0.821. The van der Waals surface area contributed by atoms with E-state index in [1.807, 2.05) is 0 Å². The van der Waals surface area contributed by atoms with Crippen molar-refractivity contribution in [2.75, 3.05) is 7.11 Å². The van der Waals surface area contributed by atoms with Crippen LogP contribution in [0.4, 0.5) is 0 Å². The van der Waals surface area contributed by atoms with Crippen molar-refractivity contribution in [3.05, 3.63) is 60.8 Å². The van der Waals surface area contributed by atoms with Gasteiger partial charge in [0.15, 0.2) is 0 Å². The zero-order chi connectivity index (χ0) is 15.0. The molecule has 3 N–H and O–H groups in total. The third kappa shape index (κ3) is 2.48. The zero-order valence-electron chi connectivity index (χ0n) is 11.0. The minimum Gasteiger partial charge on any atom is -0.496 e. The van der Waals surface area contributed by atoms with E-state index in [0.29, 0.717) is 22.3 Å². The SMILES string of the molecule is COc1csc(C(O)c2ccc3[nH]c(=O)c(=O)[nH]c3c2)c1. The lowest BCUT2D eigenvalue weighted by atomic mass is 10.1. The Kier molecular flexibility index (Phi) is 3.36. The maximum absolute atomic E-state index is 11.4. The van der Waals surface area contributed by atoms with E-state index in [0.717, 1.165) is 4.88 Å². The second-order valence-corrected chi connectivity index (χ2v) is 5.45. The smallest absolute Gasteiger partial charge is 0.314 e. The predicted octanol–water partition coefficient (Wildman–Crippen LogP) is 1.37. The highest BCUT2D eigenvalue weighted by molar-refractivity contribution is 7.10. The van der Waals surface area contributed by atoms with Gasteiger partial charge in [-0.05, 0) is 23.8 Å². The predicted molar refractivity (Wildman–Crippen MR) is 80.1 cm³/mol. The summed E-state index contributed by atoms with van der Waals surface area (Å²) in [6, 6.07) is 6.75. The second-order valence-electron chi connectivity index (χ2n) is 4.50. The zero-order valence-corrected chi connectivity index (χ0v) is 11.9. The Morgan fingerprint density at radius 1 is 1.14 bits per heavy atom. The molecule has 2 heterocycles. The standard InChI is InChI=1S/C14H12N2O4S/c1-20-8-5-11(21-6-8)12(17)7-2-3-9-10(4-7)16-14(19)13(18)15-9/h2-6,12,17H,1H3,(H,15,18)(H,16,19). The van der Waals surface area contributed by atoms with Gasteiger partial charge in [-0.25, -0.2) is 0 Å². The van der Waals surface area contributed by atoms with Crippen LogP contribution in [0.3, 0.4) is 0 Å². The lowest BCUT2D eigenvalue weighted by molar-refractivity contribution is 0.224. The Hall–Kier alpha value is -2.38. The van der Waals surface area contributed by atoms with Crippen LogP contribution < -0.4 is 15.9 Å². The van der Waals surface area contributed by atoms with Crippen molar-refractivity contribution >= 4 is 22.4 Å². The fourth-order valence-corrected chi connectivity index (χ4v) is 2.92. The Labute approximate surface area is 122 Å². The van der Waals surface area contributed by atoms with Gasteiger partial charge < -0.3 is 19.8 Å². The van der Waals surface area contributed by atoms with Gasteiger partial charge in [0.1, 0.15) is 11.9 Å². The highest BCUT2D eigenvalue weighted by Gasteiger charge is 2.14. The fourth-order valence-electron chi connectivity index (χ4n) is 2.05. The molecular weight excluding hydrogens is 292 g/mol. The third-order valence-corrected chi connectivity index (χ3v) is 4.13. The van der Waals surface area contributed by atoms with Gasteiger partial charge in [0.05, 0.1) is 18.1 Å². The normalized spacial score (nSPS) is 12.5. The first-order valence-electron chi connectivity index (χ1n) is 6.15. The fraction of sp³-hybridized carbons (Fsp3) is 0.143. The maximum Gasteiger partial charge on any atom is 0.314 e. The summed E-state index contributed by atoms with van der Waals surface area (Å²) in [5, 5.41) is 12.2. The van der Waals surface area contributed by atoms with Crippen LogP contribution >= 0.6 is 11.3 Å². The molecule has 1 atom stereocenters. The Bertz CT molecular complexity index is 909. The van der Waals surface area contributed by atoms with Gasteiger partial charge in [0.2, 0.25) is 0 Å². The number of hydrogen-bond acceptors (Lipinski definition) is 5. The highest BCUT2D eigenvalue weighted by Crippen LogP contribution is 2.31. The van der Waals surface area contributed by atoms with Crippen LogP contribution in [0, 0.1) is 0 Å². The maximum atomic E-state index is 11.4. The van der Waals surface area contributed by atoms with Crippen LogP contribution in [-0.4, -0.2) is 22.2 Å². The number of rotatable bonds is 3. The number of thiophene rings is 1. The molecule has 1 aromatic carbocycles. The van der Waals surface area contributed by atoms with E-state index in [1.165, 1.54) is 11.3 Å². The average Bonchev–Trinajstić information content (AvgIpc) is 2.96. The molecule has 0 spiro atoms. The lowest BCUT2D eigenvalue weighted by Gasteiger charge is -2.09. The number of ether oxygens (including phenoxy) is 1. The van der Waals surface area contributed by atoms with Crippen molar-refractivity contribution in [1.82, 2.24) is 9.97 Å². The van der Waals surface area contributed by atoms with E-state index >= 15 is 0 Å². The van der Waals surface area contributed by atoms with Gasteiger partial charge >= 0.3 is 11.1 Å². The first kappa shape index (κ1) is 13.6. The molecule has 2 aromatic heterocycles. The summed E-state index contributed by atoms with van der Waals surface area (Å²) in [5.74, 6) is 0.688. The van der Waals surface area contributed by atoms with Gasteiger partial charge in [-0.2, -0.15) is 0 Å². The quantitative estimate of drug-likeness (QED) is 0.637. The van der Waals surface area contributed by atoms with Crippen LogP contribution in [0.25, 0.3) is 11.0 Å². The molecule has 1 unspecified atom stereocenters. The molecule has 21 heavy (non-hydrogen) atoms. The largest absolute Gasteiger partial charge is 0.496 e. The molecule has 0 bridgehead atoms. The monoisotopic (exact) mass is 304 g/mol. The van der Waals surface area contributed by atoms with Gasteiger partial charge in [-0.3, -0.25) is 9.59 Å². The molecule has 0 aliphatic rings. The number of fused-ring (bicyclic) bond motifs is 1. The van der Waals surface area contributed by atoms with Crippen molar-refractivity contribution in [2.24, 2.45) is 0 Å². The molecule has 0 radical (unpaired) electrons. The first-order valence-corrected chi connectivity index (χ1v) is 7.03. The molecule has 0 saturated carbocycles. The number of nitrogens with one attached hydrogen (secondary N) is 2. The van der Waals surface area contributed by atoms with E-state index in [9.17, 15) is 14.7 Å². The van der Waals surface area contributed by atoms with Gasteiger partial charge in [0.25, 0.3) is 0 Å². The molecule has 0 amide bonds. The van der Waals surface area contributed by atoms with Crippen LogP contribution in [0.15, 0.2) is 39.2 Å². The van der Waals surface area contributed by atoms with E-state index in [4.69, 9.17) is 4.74 Å². The molecule has 0 fully saturated rings. The summed E-state index contributed by atoms with van der Waals surface area (Å²) in [7, 11) is 1.56. The number of aromatic nitrogens is 2. The minimum atomic E-state index is -0.821. The van der Waals surface area contributed by atoms with Crippen molar-refractivity contribution in [3.63, 3.8) is 0 Å². The summed E-state index contributed by atoms with van der Waals surface area (Å²) >= 11 is 1.38. The molecule has 3 aromatic rings. The number of H-pyrrole nitrogens is 2. The molecule has 3 rings (SSSR count). The van der Waals surface area contributed by atoms with Gasteiger partial charge in [0, 0.05) is 10.3 Å². The van der Waals surface area contributed by atoms with Crippen LogP contribution in [0.2, 0.25) is 0 Å². The lowest BCUT2D eigenvalue weighted by Crippen LogP contribution is -2.28.